The van der Waals surface area contributed by atoms with Gasteiger partial charge < -0.3 is 20.3 Å². The van der Waals surface area contributed by atoms with Gasteiger partial charge in [0.1, 0.15) is 18.2 Å². The van der Waals surface area contributed by atoms with Crippen molar-refractivity contribution in [1.29, 1.82) is 0 Å². The molecule has 38 heavy (non-hydrogen) atoms. The highest BCUT2D eigenvalue weighted by Crippen LogP contribution is 2.30. The number of rotatable bonds is 7. The Hall–Kier alpha value is -3.23. The standard InChI is InChI=1S/C29H31ClF2N4O2/c30-28-23(24(31)7-8-25(28)32)18-38-26-16-21(17-34-29(26)33)20-5-3-19(4-6-20)15-27(37)36-13-9-22(10-14-36)35-11-1-2-12-35/h3-8,16-17,22H,1-2,9-15,18H2,(H2,33,34). The Bertz CT molecular complexity index is 1290. The maximum Gasteiger partial charge on any atom is 0.226 e. The molecule has 0 aliphatic carbocycles. The van der Waals surface area contributed by atoms with E-state index in [9.17, 15) is 13.6 Å². The number of anilines is 1. The molecule has 0 atom stereocenters. The van der Waals surface area contributed by atoms with Crippen LogP contribution in [0.4, 0.5) is 14.6 Å². The topological polar surface area (TPSA) is 71.7 Å². The SMILES string of the molecule is Nc1ncc(-c2ccc(CC(=O)N3CCC(N4CCCC4)CC3)cc2)cc1OCc1c(F)ccc(F)c1Cl. The zero-order valence-corrected chi connectivity index (χ0v) is 21.9. The van der Waals surface area contributed by atoms with Gasteiger partial charge in [-0.2, -0.15) is 0 Å². The van der Waals surface area contributed by atoms with Crippen LogP contribution in [-0.2, 0) is 17.8 Å². The third-order valence-corrected chi connectivity index (χ3v) is 7.92. The maximum absolute atomic E-state index is 14.1. The van der Waals surface area contributed by atoms with Gasteiger partial charge in [0.05, 0.1) is 11.4 Å². The van der Waals surface area contributed by atoms with Crippen LogP contribution in [-0.4, -0.2) is 52.9 Å². The van der Waals surface area contributed by atoms with Crippen molar-refractivity contribution in [3.8, 4) is 16.9 Å². The predicted molar refractivity (Wildman–Crippen MR) is 144 cm³/mol. The minimum Gasteiger partial charge on any atom is -0.485 e. The Morgan fingerprint density at radius 3 is 2.39 bits per heavy atom. The zero-order chi connectivity index (χ0) is 26.6. The number of carbonyl (C=O) groups excluding carboxylic acids is 1. The van der Waals surface area contributed by atoms with E-state index in [-0.39, 0.29) is 34.7 Å². The van der Waals surface area contributed by atoms with E-state index in [0.717, 1.165) is 54.8 Å². The fourth-order valence-electron chi connectivity index (χ4n) is 5.27. The Morgan fingerprint density at radius 1 is 1.00 bits per heavy atom. The van der Waals surface area contributed by atoms with Crippen LogP contribution in [0, 0.1) is 11.6 Å². The van der Waals surface area contributed by atoms with Crippen LogP contribution < -0.4 is 10.5 Å². The molecule has 2 saturated heterocycles. The van der Waals surface area contributed by atoms with Gasteiger partial charge in [-0.15, -0.1) is 0 Å². The van der Waals surface area contributed by atoms with Crippen LogP contribution in [0.5, 0.6) is 5.75 Å². The molecule has 200 valence electrons. The van der Waals surface area contributed by atoms with Crippen molar-refractivity contribution in [3.05, 3.63) is 76.4 Å². The number of aromatic nitrogens is 1. The number of nitrogens with two attached hydrogens (primary N) is 1. The Labute approximate surface area is 226 Å². The first kappa shape index (κ1) is 26.4. The number of pyridine rings is 1. The first-order valence-corrected chi connectivity index (χ1v) is 13.4. The quantitative estimate of drug-likeness (QED) is 0.402. The van der Waals surface area contributed by atoms with Gasteiger partial charge in [0, 0.05) is 36.5 Å². The van der Waals surface area contributed by atoms with Gasteiger partial charge >= 0.3 is 0 Å². The van der Waals surface area contributed by atoms with E-state index in [1.54, 1.807) is 12.3 Å². The smallest absolute Gasteiger partial charge is 0.226 e. The molecule has 2 fully saturated rings. The van der Waals surface area contributed by atoms with E-state index in [2.05, 4.69) is 9.88 Å². The summed E-state index contributed by atoms with van der Waals surface area (Å²) in [5, 5.41) is -0.325. The predicted octanol–water partition coefficient (Wildman–Crippen LogP) is 5.47. The van der Waals surface area contributed by atoms with E-state index in [1.807, 2.05) is 29.2 Å². The molecule has 2 aromatic carbocycles. The number of carbonyl (C=O) groups is 1. The molecule has 3 aromatic rings. The Kier molecular flexibility index (Phi) is 8.09. The summed E-state index contributed by atoms with van der Waals surface area (Å²) in [5.41, 5.74) is 8.40. The molecule has 2 aliphatic heterocycles. The van der Waals surface area contributed by atoms with Crippen molar-refractivity contribution < 1.29 is 18.3 Å². The van der Waals surface area contributed by atoms with Gasteiger partial charge in [-0.1, -0.05) is 35.9 Å². The maximum atomic E-state index is 14.1. The number of halogens is 3. The van der Waals surface area contributed by atoms with Gasteiger partial charge in [-0.3, -0.25) is 4.79 Å². The van der Waals surface area contributed by atoms with Gasteiger partial charge in [-0.05, 0) is 68.1 Å². The molecule has 1 amide bonds. The molecular weight excluding hydrogens is 510 g/mol. The van der Waals surface area contributed by atoms with Gasteiger partial charge in [0.25, 0.3) is 0 Å². The van der Waals surface area contributed by atoms with Gasteiger partial charge in [0.2, 0.25) is 5.91 Å². The van der Waals surface area contributed by atoms with Crippen molar-refractivity contribution in [2.45, 2.75) is 44.8 Å². The number of benzene rings is 2. The van der Waals surface area contributed by atoms with Crippen LogP contribution in [0.1, 0.15) is 36.8 Å². The number of likely N-dealkylation sites (tertiary alicyclic amines) is 2. The first-order chi connectivity index (χ1) is 18.4. The second kappa shape index (κ2) is 11.7. The number of hydrogen-bond donors (Lipinski definition) is 1. The van der Waals surface area contributed by atoms with E-state index < -0.39 is 11.6 Å². The van der Waals surface area contributed by atoms with Crippen molar-refractivity contribution in [1.82, 2.24) is 14.8 Å². The highest BCUT2D eigenvalue weighted by atomic mass is 35.5. The number of amides is 1. The summed E-state index contributed by atoms with van der Waals surface area (Å²) in [6.07, 6.45) is 6.67. The summed E-state index contributed by atoms with van der Waals surface area (Å²) in [6, 6.07) is 12.0. The normalized spacial score (nSPS) is 16.7. The van der Waals surface area contributed by atoms with Crippen LogP contribution in [0.3, 0.4) is 0 Å². The summed E-state index contributed by atoms with van der Waals surface area (Å²) in [6.45, 7) is 3.74. The van der Waals surface area contributed by atoms with Crippen molar-refractivity contribution in [2.24, 2.45) is 0 Å². The van der Waals surface area contributed by atoms with Crippen LogP contribution in [0.15, 0.2) is 48.7 Å². The number of nitrogens with zero attached hydrogens (tertiary/aromatic N) is 3. The average Bonchev–Trinajstić information content (AvgIpc) is 3.47. The molecule has 0 unspecified atom stereocenters. The highest BCUT2D eigenvalue weighted by molar-refractivity contribution is 6.31. The molecule has 5 rings (SSSR count). The van der Waals surface area contributed by atoms with Crippen LogP contribution in [0.2, 0.25) is 5.02 Å². The van der Waals surface area contributed by atoms with Crippen molar-refractivity contribution in [2.75, 3.05) is 31.9 Å². The number of piperidine rings is 1. The van der Waals surface area contributed by atoms with E-state index in [4.69, 9.17) is 22.1 Å². The summed E-state index contributed by atoms with van der Waals surface area (Å²) in [5.74, 6) is -0.876. The van der Waals surface area contributed by atoms with Gasteiger partial charge in [-0.25, -0.2) is 13.8 Å². The fraction of sp³-hybridized carbons (Fsp3) is 0.379. The highest BCUT2D eigenvalue weighted by Gasteiger charge is 2.28. The van der Waals surface area contributed by atoms with Crippen LogP contribution in [0.25, 0.3) is 11.1 Å². The van der Waals surface area contributed by atoms with Gasteiger partial charge in [0.15, 0.2) is 11.6 Å². The second-order valence-corrected chi connectivity index (χ2v) is 10.3. The molecule has 2 aliphatic rings. The molecular formula is C29H31ClF2N4O2. The zero-order valence-electron chi connectivity index (χ0n) is 21.1. The number of ether oxygens (including phenoxy) is 1. The number of hydrogen-bond acceptors (Lipinski definition) is 5. The largest absolute Gasteiger partial charge is 0.485 e. The molecule has 0 bridgehead atoms. The molecule has 0 radical (unpaired) electrons. The summed E-state index contributed by atoms with van der Waals surface area (Å²) >= 11 is 5.89. The lowest BCUT2D eigenvalue weighted by molar-refractivity contribution is -0.132. The molecule has 0 saturated carbocycles. The molecule has 6 nitrogen and oxygen atoms in total. The molecule has 1 aromatic heterocycles. The van der Waals surface area contributed by atoms with E-state index >= 15 is 0 Å². The van der Waals surface area contributed by atoms with Crippen molar-refractivity contribution >= 4 is 23.3 Å². The third kappa shape index (κ3) is 5.92. The minimum absolute atomic E-state index is 0.0919. The Morgan fingerprint density at radius 2 is 1.68 bits per heavy atom. The lowest BCUT2D eigenvalue weighted by Gasteiger charge is -2.36. The summed E-state index contributed by atoms with van der Waals surface area (Å²) < 4.78 is 33.5. The fourth-order valence-corrected chi connectivity index (χ4v) is 5.48. The molecule has 3 heterocycles. The minimum atomic E-state index is -0.725. The van der Waals surface area contributed by atoms with Crippen molar-refractivity contribution in [3.63, 3.8) is 0 Å². The lowest BCUT2D eigenvalue weighted by Crippen LogP contribution is -2.46. The molecule has 2 N–H and O–H groups in total. The van der Waals surface area contributed by atoms with E-state index in [0.29, 0.717) is 12.5 Å². The summed E-state index contributed by atoms with van der Waals surface area (Å²) in [7, 11) is 0. The first-order valence-electron chi connectivity index (χ1n) is 13.0. The summed E-state index contributed by atoms with van der Waals surface area (Å²) in [4.78, 5) is 21.7. The molecule has 0 spiro atoms. The Balaban J connectivity index is 1.19. The average molecular weight is 541 g/mol. The number of nitrogen functional groups attached to an aromatic ring is 1. The monoisotopic (exact) mass is 540 g/mol. The van der Waals surface area contributed by atoms with Crippen LogP contribution >= 0.6 is 11.6 Å². The third-order valence-electron chi connectivity index (χ3n) is 7.51. The second-order valence-electron chi connectivity index (χ2n) is 9.95. The lowest BCUT2D eigenvalue weighted by atomic mass is 10.0. The van der Waals surface area contributed by atoms with E-state index in [1.165, 1.54) is 25.9 Å². The molecule has 9 heteroatoms.